The zero-order valence-corrected chi connectivity index (χ0v) is 38.1. The summed E-state index contributed by atoms with van der Waals surface area (Å²) < 4.78 is 18.8. The molecule has 1 aliphatic carbocycles. The first-order valence-corrected chi connectivity index (χ1v) is 23.6. The average Bonchev–Trinajstić information content (AvgIpc) is 4.10. The summed E-state index contributed by atoms with van der Waals surface area (Å²) in [7, 11) is 0. The Labute approximate surface area is 384 Å². The number of benzene rings is 2. The number of pyridine rings is 1. The molecule has 1 atom stereocenters. The van der Waals surface area contributed by atoms with Crippen LogP contribution in [0.5, 0.6) is 5.75 Å². The summed E-state index contributed by atoms with van der Waals surface area (Å²) in [6.07, 6.45) is 11.2. The average molecular weight is 908 g/mol. The van der Waals surface area contributed by atoms with Gasteiger partial charge in [-0.05, 0) is 92.0 Å². The van der Waals surface area contributed by atoms with E-state index in [1.807, 2.05) is 50.2 Å². The molecular formula is C49H60ClFN10O4. The number of amides is 3. The molecule has 1 unspecified atom stereocenters. The predicted octanol–water partition coefficient (Wildman–Crippen LogP) is 8.08. The summed E-state index contributed by atoms with van der Waals surface area (Å²) in [4.78, 5) is 47.7. The number of rotatable bonds is 13. The number of para-hydroxylation sites is 1. The van der Waals surface area contributed by atoms with Crippen molar-refractivity contribution in [2.45, 2.75) is 95.2 Å². The van der Waals surface area contributed by atoms with Crippen molar-refractivity contribution in [3.63, 3.8) is 0 Å². The van der Waals surface area contributed by atoms with Gasteiger partial charge in [-0.3, -0.25) is 14.4 Å². The first kappa shape index (κ1) is 45.8. The van der Waals surface area contributed by atoms with Gasteiger partial charge in [-0.15, -0.1) is 10.2 Å². The smallest absolute Gasteiger partial charge is 0.255 e. The monoisotopic (exact) mass is 906 g/mol. The van der Waals surface area contributed by atoms with Crippen molar-refractivity contribution in [3.05, 3.63) is 88.7 Å². The second-order valence-electron chi connectivity index (χ2n) is 17.7. The maximum Gasteiger partial charge on any atom is 0.255 e. The van der Waals surface area contributed by atoms with Crippen molar-refractivity contribution in [2.75, 3.05) is 68.3 Å². The number of nitrogens with two attached hydrogens (primary N) is 1. The van der Waals surface area contributed by atoms with Crippen molar-refractivity contribution in [2.24, 2.45) is 0 Å². The number of hydrogen-bond donors (Lipinski definition) is 4. The van der Waals surface area contributed by atoms with Gasteiger partial charge in [0, 0.05) is 101 Å². The van der Waals surface area contributed by atoms with Gasteiger partial charge in [0.15, 0.2) is 5.82 Å². The zero-order valence-electron chi connectivity index (χ0n) is 37.3. The summed E-state index contributed by atoms with van der Waals surface area (Å²) in [5.74, 6) is 0.734. The second kappa shape index (κ2) is 20.2. The molecule has 3 aromatic heterocycles. The molecule has 5 N–H and O–H groups in total. The van der Waals surface area contributed by atoms with Crippen LogP contribution in [-0.4, -0.2) is 111 Å². The number of halogens is 2. The van der Waals surface area contributed by atoms with E-state index in [0.717, 1.165) is 80.4 Å². The van der Waals surface area contributed by atoms with Crippen LogP contribution < -0.4 is 21.3 Å². The van der Waals surface area contributed by atoms with Crippen LogP contribution in [0, 0.1) is 0 Å². The van der Waals surface area contributed by atoms with Crippen LogP contribution in [0.25, 0.3) is 22.3 Å². The third kappa shape index (κ3) is 10.4. The van der Waals surface area contributed by atoms with E-state index in [1.165, 1.54) is 5.56 Å². The molecule has 3 saturated heterocycles. The minimum Gasteiger partial charge on any atom is -0.507 e. The van der Waals surface area contributed by atoms with Gasteiger partial charge in [0.2, 0.25) is 12.3 Å². The molecule has 0 bridgehead atoms. The van der Waals surface area contributed by atoms with E-state index in [-0.39, 0.29) is 55.3 Å². The molecular weight excluding hydrogens is 847 g/mol. The Balaban J connectivity index is 0.00000284. The Morgan fingerprint density at radius 3 is 2.46 bits per heavy atom. The van der Waals surface area contributed by atoms with Crippen molar-refractivity contribution < 1.29 is 23.9 Å². The summed E-state index contributed by atoms with van der Waals surface area (Å²) in [5, 5.41) is 25.7. The number of likely N-dealkylation sites (tertiary alicyclic amines) is 2. The molecule has 5 aromatic rings. The highest BCUT2D eigenvalue weighted by Crippen LogP contribution is 2.45. The molecule has 2 aromatic carbocycles. The molecule has 1 saturated carbocycles. The number of anilines is 3. The number of aromatic nitrogens is 4. The summed E-state index contributed by atoms with van der Waals surface area (Å²) in [6.45, 7) is 8.29. The fraction of sp³-hybridized carbons (Fsp3) is 0.469. The Kier molecular flexibility index (Phi) is 14.2. The lowest BCUT2D eigenvalue weighted by molar-refractivity contribution is -0.116. The normalized spacial score (nSPS) is 19.0. The van der Waals surface area contributed by atoms with Gasteiger partial charge in [0.25, 0.3) is 5.91 Å². The third-order valence-corrected chi connectivity index (χ3v) is 13.7. The van der Waals surface area contributed by atoms with E-state index in [4.69, 9.17) is 22.3 Å². The third-order valence-electron chi connectivity index (χ3n) is 13.4. The lowest BCUT2D eigenvalue weighted by atomic mass is 9.89. The number of alkyl halides is 1. The Morgan fingerprint density at radius 2 is 1.74 bits per heavy atom. The molecule has 4 fully saturated rings. The van der Waals surface area contributed by atoms with E-state index in [1.54, 1.807) is 29.3 Å². The molecule has 9 rings (SSSR count). The van der Waals surface area contributed by atoms with Crippen LogP contribution in [0.2, 0.25) is 5.02 Å². The van der Waals surface area contributed by atoms with Gasteiger partial charge in [-0.25, -0.2) is 9.37 Å². The number of carbonyl (C=O) groups excluding carboxylic acids is 3. The molecule has 344 valence electrons. The highest BCUT2D eigenvalue weighted by atomic mass is 35.5. The minimum absolute atomic E-state index is 0.123. The first-order chi connectivity index (χ1) is 31.6. The molecule has 6 heterocycles. The van der Waals surface area contributed by atoms with Gasteiger partial charge in [-0.1, -0.05) is 43.6 Å². The molecule has 3 amide bonds. The van der Waals surface area contributed by atoms with Gasteiger partial charge >= 0.3 is 0 Å². The lowest BCUT2D eigenvalue weighted by Gasteiger charge is -2.41. The fourth-order valence-corrected chi connectivity index (χ4v) is 10.0. The van der Waals surface area contributed by atoms with Crippen molar-refractivity contribution in [1.82, 2.24) is 34.9 Å². The van der Waals surface area contributed by atoms with E-state index in [0.29, 0.717) is 71.9 Å². The number of nitrogens with zero attached hydrogens (tertiary/aromatic N) is 7. The van der Waals surface area contributed by atoms with E-state index < -0.39 is 5.67 Å². The number of phenolic OH excluding ortho intramolecular Hbond substituents is 1. The van der Waals surface area contributed by atoms with Crippen LogP contribution in [0.3, 0.4) is 0 Å². The predicted molar refractivity (Wildman–Crippen MR) is 253 cm³/mol. The molecule has 14 nitrogen and oxygen atoms in total. The van der Waals surface area contributed by atoms with Crippen LogP contribution in [0.4, 0.5) is 21.6 Å². The SMILES string of the molecule is CC.Nc1nnc(-c2ccccc2O)cc1N1CCCC(c2ccc(C(=O)N3CCC(F)(CN4CCC(n5cc(C6CC6)c6cc(NC(=O)CCNC=O)cnc65)CC4)CC3)c(Cl)c2)C1. The molecule has 0 spiro atoms. The Morgan fingerprint density at radius 1 is 0.969 bits per heavy atom. The standard InChI is InChI=1S/C47H54ClFN10O4.C2H6/c48-39-22-31(32-4-3-17-58(26-32)41-24-40(54-55-44(41)50)36-5-1-2-6-42(36)61)9-10-35(39)46(63)57-20-14-47(49,15-21-57)28-56-18-12-34(13-19-56)59-27-38(30-7-8-30)37-23-33(25-52-45(37)59)53-43(62)11-16-51-29-60;1-2/h1-2,5-6,9-10,22-25,27,29-30,32,34,61H,3-4,7-8,11-21,26,28H2,(H2,50,55)(H,51,60)(H,53,62);1-2H3. The van der Waals surface area contributed by atoms with Crippen molar-refractivity contribution in [3.8, 4) is 17.0 Å². The summed E-state index contributed by atoms with van der Waals surface area (Å²) in [5.41, 5.74) is 11.1. The van der Waals surface area contributed by atoms with Gasteiger partial charge in [0.1, 0.15) is 17.1 Å². The number of aromatic hydroxyl groups is 1. The fourth-order valence-electron chi connectivity index (χ4n) is 9.78. The maximum atomic E-state index is 16.5. The highest BCUT2D eigenvalue weighted by Gasteiger charge is 2.39. The first-order valence-electron chi connectivity index (χ1n) is 23.2. The largest absolute Gasteiger partial charge is 0.507 e. The van der Waals surface area contributed by atoms with Gasteiger partial charge < -0.3 is 40.7 Å². The molecule has 16 heteroatoms. The topological polar surface area (TPSA) is 175 Å². The number of carbonyl (C=O) groups is 3. The number of hydrogen-bond acceptors (Lipinski definition) is 10. The van der Waals surface area contributed by atoms with Gasteiger partial charge in [0.05, 0.1) is 33.9 Å². The van der Waals surface area contributed by atoms with Crippen molar-refractivity contribution in [1.29, 1.82) is 0 Å². The number of nitrogens with one attached hydrogen (secondary N) is 2. The second-order valence-corrected chi connectivity index (χ2v) is 18.1. The van der Waals surface area contributed by atoms with E-state index in [9.17, 15) is 19.5 Å². The molecule has 0 radical (unpaired) electrons. The number of phenols is 1. The van der Waals surface area contributed by atoms with E-state index in [2.05, 4.69) is 41.4 Å². The van der Waals surface area contributed by atoms with Crippen molar-refractivity contribution >= 4 is 58.1 Å². The number of fused-ring (bicyclic) bond motifs is 1. The minimum atomic E-state index is -1.38. The molecule has 4 aliphatic rings. The van der Waals surface area contributed by atoms with Crippen LogP contribution >= 0.6 is 11.6 Å². The zero-order chi connectivity index (χ0) is 45.7. The lowest BCUT2D eigenvalue weighted by Crippen LogP contribution is -2.51. The van der Waals surface area contributed by atoms with Crippen LogP contribution in [-0.2, 0) is 9.59 Å². The summed E-state index contributed by atoms with van der Waals surface area (Å²) >= 11 is 6.85. The van der Waals surface area contributed by atoms with Gasteiger partial charge in [-0.2, -0.15) is 0 Å². The van der Waals surface area contributed by atoms with Crippen LogP contribution in [0.1, 0.15) is 111 Å². The van der Waals surface area contributed by atoms with Crippen LogP contribution in [0.15, 0.2) is 67.0 Å². The molecule has 65 heavy (non-hydrogen) atoms. The summed E-state index contributed by atoms with van der Waals surface area (Å²) in [6, 6.07) is 16.8. The Hall–Kier alpha value is -5.80. The highest BCUT2D eigenvalue weighted by molar-refractivity contribution is 6.33. The number of nitrogen functional groups attached to an aromatic ring is 1. The molecule has 3 aliphatic heterocycles. The van der Waals surface area contributed by atoms with E-state index >= 15 is 4.39 Å². The quantitative estimate of drug-likeness (QED) is 0.0668. The number of piperidine rings is 3. The maximum absolute atomic E-state index is 16.5. The Bertz CT molecular complexity index is 2500.